The maximum absolute atomic E-state index is 13.8. The molecule has 1 aliphatic carbocycles. The molecule has 1 saturated carbocycles. The predicted molar refractivity (Wildman–Crippen MR) is 100 cm³/mol. The number of nitrogens with one attached hydrogen (secondary N) is 1. The molecule has 134 valence electrons. The van der Waals surface area contributed by atoms with Crippen molar-refractivity contribution < 1.29 is 9.18 Å². The average Bonchev–Trinajstić information content (AvgIpc) is 3.07. The maximum atomic E-state index is 13.8. The van der Waals surface area contributed by atoms with Gasteiger partial charge in [0.15, 0.2) is 0 Å². The second-order valence-electron chi connectivity index (χ2n) is 7.03. The molecule has 0 atom stereocenters. The van der Waals surface area contributed by atoms with Crippen molar-refractivity contribution in [2.24, 2.45) is 7.05 Å². The van der Waals surface area contributed by atoms with Crippen molar-refractivity contribution in [2.75, 3.05) is 0 Å². The average molecular weight is 351 g/mol. The van der Waals surface area contributed by atoms with E-state index in [9.17, 15) is 9.18 Å². The van der Waals surface area contributed by atoms with E-state index in [0.29, 0.717) is 22.2 Å². The number of halogens is 1. The monoisotopic (exact) mass is 351 g/mol. The van der Waals surface area contributed by atoms with Gasteiger partial charge >= 0.3 is 0 Å². The maximum Gasteiger partial charge on any atom is 0.252 e. The second kappa shape index (κ2) is 6.90. The minimum Gasteiger partial charge on any atom is -0.349 e. The number of benzene rings is 1. The van der Waals surface area contributed by atoms with E-state index in [0.717, 1.165) is 31.4 Å². The number of carbonyl (C=O) groups is 1. The highest BCUT2D eigenvalue weighted by Crippen LogP contribution is 2.26. The van der Waals surface area contributed by atoms with Gasteiger partial charge in [0.25, 0.3) is 5.91 Å². The van der Waals surface area contributed by atoms with Crippen LogP contribution < -0.4 is 5.32 Å². The number of carbonyl (C=O) groups excluding carboxylic acids is 1. The largest absolute Gasteiger partial charge is 0.349 e. The van der Waals surface area contributed by atoms with Gasteiger partial charge in [-0.15, -0.1) is 0 Å². The van der Waals surface area contributed by atoms with Crippen molar-refractivity contribution in [1.29, 1.82) is 0 Å². The molecule has 0 aliphatic heterocycles. The number of aryl methyl sites for hydroxylation is 1. The van der Waals surface area contributed by atoms with Crippen molar-refractivity contribution in [2.45, 2.75) is 38.1 Å². The van der Waals surface area contributed by atoms with E-state index >= 15 is 0 Å². The Morgan fingerprint density at radius 1 is 1.19 bits per heavy atom. The number of hydrogen-bond acceptors (Lipinski definition) is 2. The first-order valence-corrected chi connectivity index (χ1v) is 9.15. The van der Waals surface area contributed by atoms with Crippen LogP contribution in [0.4, 0.5) is 4.39 Å². The zero-order valence-corrected chi connectivity index (χ0v) is 14.8. The molecule has 1 aliphatic rings. The quantitative estimate of drug-likeness (QED) is 0.758. The molecule has 1 aromatic carbocycles. The lowest BCUT2D eigenvalue weighted by atomic mass is 9.95. The summed E-state index contributed by atoms with van der Waals surface area (Å²) < 4.78 is 15.8. The molecule has 26 heavy (non-hydrogen) atoms. The van der Waals surface area contributed by atoms with Crippen molar-refractivity contribution in [3.63, 3.8) is 0 Å². The van der Waals surface area contributed by atoms with Crippen LogP contribution >= 0.6 is 0 Å². The molecule has 2 heterocycles. The van der Waals surface area contributed by atoms with Gasteiger partial charge in [0, 0.05) is 24.7 Å². The van der Waals surface area contributed by atoms with E-state index in [4.69, 9.17) is 0 Å². The first kappa shape index (κ1) is 16.8. The van der Waals surface area contributed by atoms with Gasteiger partial charge in [0.05, 0.1) is 22.5 Å². The van der Waals surface area contributed by atoms with Crippen LogP contribution in [0.25, 0.3) is 22.3 Å². The lowest BCUT2D eigenvalue weighted by molar-refractivity contribution is 0.0929. The van der Waals surface area contributed by atoms with Crippen LogP contribution in [-0.4, -0.2) is 21.5 Å². The van der Waals surface area contributed by atoms with E-state index in [1.54, 1.807) is 12.1 Å². The van der Waals surface area contributed by atoms with Crippen LogP contribution in [0.1, 0.15) is 42.5 Å². The number of pyridine rings is 1. The fourth-order valence-corrected chi connectivity index (χ4v) is 3.75. The molecule has 4 nitrogen and oxygen atoms in total. The SMILES string of the molecule is Cn1cccc1-c1cc(C(=O)NC2CCCCC2)c2cc(F)ccc2n1. The van der Waals surface area contributed by atoms with Crippen LogP contribution in [0.5, 0.6) is 0 Å². The summed E-state index contributed by atoms with van der Waals surface area (Å²) in [5.41, 5.74) is 2.74. The van der Waals surface area contributed by atoms with Crippen molar-refractivity contribution >= 4 is 16.8 Å². The summed E-state index contributed by atoms with van der Waals surface area (Å²) in [5, 5.41) is 3.69. The first-order valence-electron chi connectivity index (χ1n) is 9.15. The van der Waals surface area contributed by atoms with Gasteiger partial charge in [0.1, 0.15) is 5.82 Å². The van der Waals surface area contributed by atoms with E-state index in [-0.39, 0.29) is 17.8 Å². The third kappa shape index (κ3) is 3.21. The molecule has 5 heteroatoms. The summed E-state index contributed by atoms with van der Waals surface area (Å²) in [5.74, 6) is -0.511. The highest BCUT2D eigenvalue weighted by atomic mass is 19.1. The van der Waals surface area contributed by atoms with E-state index in [1.165, 1.54) is 18.6 Å². The van der Waals surface area contributed by atoms with Crippen LogP contribution in [0.2, 0.25) is 0 Å². The van der Waals surface area contributed by atoms with Gasteiger partial charge in [-0.05, 0) is 49.2 Å². The number of fused-ring (bicyclic) bond motifs is 1. The van der Waals surface area contributed by atoms with Crippen LogP contribution in [0, 0.1) is 5.82 Å². The van der Waals surface area contributed by atoms with Crippen molar-refractivity contribution in [1.82, 2.24) is 14.9 Å². The van der Waals surface area contributed by atoms with Gasteiger partial charge < -0.3 is 9.88 Å². The minimum atomic E-state index is -0.363. The highest BCUT2D eigenvalue weighted by molar-refractivity contribution is 6.07. The van der Waals surface area contributed by atoms with Crippen molar-refractivity contribution in [3.8, 4) is 11.4 Å². The van der Waals surface area contributed by atoms with Gasteiger partial charge in [-0.3, -0.25) is 4.79 Å². The summed E-state index contributed by atoms with van der Waals surface area (Å²) in [7, 11) is 1.94. The molecule has 2 aromatic heterocycles. The summed E-state index contributed by atoms with van der Waals surface area (Å²) in [6.45, 7) is 0. The van der Waals surface area contributed by atoms with Crippen LogP contribution in [0.15, 0.2) is 42.6 Å². The molecule has 1 amide bonds. The zero-order chi connectivity index (χ0) is 18.1. The molecule has 4 rings (SSSR count). The Balaban J connectivity index is 1.78. The van der Waals surface area contributed by atoms with Crippen molar-refractivity contribution in [3.05, 3.63) is 54.0 Å². The summed E-state index contributed by atoms with van der Waals surface area (Å²) in [6.07, 6.45) is 7.47. The Kier molecular flexibility index (Phi) is 4.45. The lowest BCUT2D eigenvalue weighted by Crippen LogP contribution is -2.36. The fourth-order valence-electron chi connectivity index (χ4n) is 3.75. The van der Waals surface area contributed by atoms with Gasteiger partial charge in [0.2, 0.25) is 0 Å². The van der Waals surface area contributed by atoms with Crippen LogP contribution in [-0.2, 0) is 7.05 Å². The molecule has 1 N–H and O–H groups in total. The molecule has 0 saturated heterocycles. The summed E-state index contributed by atoms with van der Waals surface area (Å²) >= 11 is 0. The standard InChI is InChI=1S/C21H22FN3O/c1-25-11-5-8-20(25)19-13-17(16-12-14(22)9-10-18(16)24-19)21(26)23-15-6-3-2-4-7-15/h5,8-13,15H,2-4,6-7H2,1H3,(H,23,26). The molecule has 0 bridgehead atoms. The number of aromatic nitrogens is 2. The third-order valence-corrected chi connectivity index (χ3v) is 5.16. The Labute approximate surface area is 152 Å². The van der Waals surface area contributed by atoms with E-state index < -0.39 is 0 Å². The van der Waals surface area contributed by atoms with Crippen LogP contribution in [0.3, 0.4) is 0 Å². The molecular weight excluding hydrogens is 329 g/mol. The Morgan fingerprint density at radius 2 is 2.00 bits per heavy atom. The topological polar surface area (TPSA) is 46.9 Å². The number of hydrogen-bond donors (Lipinski definition) is 1. The molecular formula is C21H22FN3O. The molecule has 1 fully saturated rings. The highest BCUT2D eigenvalue weighted by Gasteiger charge is 2.20. The number of rotatable bonds is 3. The van der Waals surface area contributed by atoms with Gasteiger partial charge in [-0.2, -0.15) is 0 Å². The fraction of sp³-hybridized carbons (Fsp3) is 0.333. The number of nitrogens with zero attached hydrogens (tertiary/aromatic N) is 2. The Bertz CT molecular complexity index is 957. The van der Waals surface area contributed by atoms with E-state index in [2.05, 4.69) is 10.3 Å². The predicted octanol–water partition coefficient (Wildman–Crippen LogP) is 4.44. The normalized spacial score (nSPS) is 15.3. The molecule has 3 aromatic rings. The molecule has 0 radical (unpaired) electrons. The van der Waals surface area contributed by atoms with E-state index in [1.807, 2.05) is 29.9 Å². The lowest BCUT2D eigenvalue weighted by Gasteiger charge is -2.23. The molecule has 0 spiro atoms. The number of amides is 1. The van der Waals surface area contributed by atoms with Gasteiger partial charge in [-0.25, -0.2) is 9.37 Å². The zero-order valence-electron chi connectivity index (χ0n) is 14.8. The summed E-state index contributed by atoms with van der Waals surface area (Å²) in [6, 6.07) is 10.3. The Hall–Kier alpha value is -2.69. The third-order valence-electron chi connectivity index (χ3n) is 5.16. The smallest absolute Gasteiger partial charge is 0.252 e. The summed E-state index contributed by atoms with van der Waals surface area (Å²) in [4.78, 5) is 17.6. The Morgan fingerprint density at radius 3 is 2.73 bits per heavy atom. The first-order chi connectivity index (χ1) is 12.6. The minimum absolute atomic E-state index is 0.148. The molecule has 0 unspecified atom stereocenters. The van der Waals surface area contributed by atoms with Gasteiger partial charge in [-0.1, -0.05) is 19.3 Å². The second-order valence-corrected chi connectivity index (χ2v) is 7.03.